The first-order valence-electron chi connectivity index (χ1n) is 23.9. The molecule has 0 radical (unpaired) electrons. The third-order valence-electron chi connectivity index (χ3n) is 13.4. The second kappa shape index (κ2) is 17.6. The fraction of sp³-hybridized carbons (Fsp3) is 0.290. The maximum atomic E-state index is 5.66. The van der Waals surface area contributed by atoms with Gasteiger partial charge in [-0.15, -0.1) is 23.5 Å². The van der Waals surface area contributed by atoms with Crippen molar-refractivity contribution in [3.8, 4) is 44.5 Å². The average molecular weight is 931 g/mol. The number of hydrogen-bond acceptors (Lipinski definition) is 4. The number of thioether (sulfide) groups is 2. The van der Waals surface area contributed by atoms with Crippen LogP contribution in [0.25, 0.3) is 90.9 Å². The maximum absolute atomic E-state index is 5.66. The van der Waals surface area contributed by atoms with E-state index in [1.54, 1.807) is 23.5 Å². The van der Waals surface area contributed by atoms with Gasteiger partial charge in [0.15, 0.2) is 0 Å². The minimum atomic E-state index is -0.0705. The number of fused-ring (bicyclic) bond motifs is 8. The van der Waals surface area contributed by atoms with Crippen LogP contribution in [0, 0.1) is 0 Å². The van der Waals surface area contributed by atoms with Crippen LogP contribution < -0.4 is 0 Å². The predicted octanol–water partition coefficient (Wildman–Crippen LogP) is 18.0. The first-order chi connectivity index (χ1) is 32.1. The molecule has 2 N–H and O–H groups in total. The van der Waals surface area contributed by atoms with E-state index in [4.69, 9.17) is 9.97 Å². The molecule has 0 saturated carbocycles. The van der Waals surface area contributed by atoms with Crippen LogP contribution in [0.5, 0.6) is 0 Å². The number of aromatic nitrogens is 4. The number of aromatic amines is 2. The number of nitrogens with zero attached hydrogens (tertiary/aromatic N) is 2. The van der Waals surface area contributed by atoms with E-state index in [9.17, 15) is 0 Å². The lowest BCUT2D eigenvalue weighted by Gasteiger charge is -2.26. The lowest BCUT2D eigenvalue weighted by Crippen LogP contribution is -2.16. The summed E-state index contributed by atoms with van der Waals surface area (Å²) in [6, 6.07) is 41.1. The van der Waals surface area contributed by atoms with Crippen molar-refractivity contribution in [1.29, 1.82) is 0 Å². The molecule has 4 nitrogen and oxygen atoms in total. The van der Waals surface area contributed by atoms with Crippen molar-refractivity contribution in [2.75, 3.05) is 12.5 Å². The summed E-state index contributed by atoms with van der Waals surface area (Å²) < 4.78 is 0. The Hall–Kier alpha value is -5.82. The van der Waals surface area contributed by atoms with E-state index in [1.807, 2.05) is 0 Å². The van der Waals surface area contributed by atoms with Crippen molar-refractivity contribution in [2.45, 2.75) is 115 Å². The highest BCUT2D eigenvalue weighted by molar-refractivity contribution is 7.98. The number of H-pyrrole nitrogens is 2. The Kier molecular flexibility index (Phi) is 12.2. The van der Waals surface area contributed by atoms with Crippen molar-refractivity contribution in [2.24, 2.45) is 0 Å². The second-order valence-electron chi connectivity index (χ2n) is 22.6. The van der Waals surface area contributed by atoms with Crippen molar-refractivity contribution >= 4 is 69.9 Å². The molecule has 3 aromatic heterocycles. The number of hydrogen-bond donors (Lipinski definition) is 2. The lowest BCUT2D eigenvalue weighted by molar-refractivity contribution is 0.568. The molecule has 68 heavy (non-hydrogen) atoms. The van der Waals surface area contributed by atoms with Crippen LogP contribution in [-0.4, -0.2) is 32.4 Å². The molecule has 9 rings (SSSR count). The molecule has 8 bridgehead atoms. The number of nitrogens with one attached hydrogen (secondary N) is 2. The van der Waals surface area contributed by atoms with Crippen molar-refractivity contribution < 1.29 is 0 Å². The Balaban J connectivity index is 1.49. The number of rotatable bonds is 6. The largest absolute Gasteiger partial charge is 0.354 e. The molecule has 5 heterocycles. The third kappa shape index (κ3) is 9.34. The molecule has 0 unspecified atom stereocenters. The van der Waals surface area contributed by atoms with Gasteiger partial charge in [0.05, 0.1) is 22.8 Å². The number of benzene rings is 4. The summed E-state index contributed by atoms with van der Waals surface area (Å²) in [6.07, 6.45) is 13.1. The topological polar surface area (TPSA) is 57.4 Å². The summed E-state index contributed by atoms with van der Waals surface area (Å²) in [5.41, 5.74) is 21.2. The molecule has 0 spiro atoms. The van der Waals surface area contributed by atoms with Gasteiger partial charge in [-0.05, 0) is 152 Å². The molecule has 2 aliphatic rings. The van der Waals surface area contributed by atoms with Crippen molar-refractivity contribution in [3.63, 3.8) is 0 Å². The quantitative estimate of drug-likeness (QED) is 0.163. The van der Waals surface area contributed by atoms with Gasteiger partial charge >= 0.3 is 0 Å². The van der Waals surface area contributed by atoms with E-state index in [-0.39, 0.29) is 21.7 Å². The summed E-state index contributed by atoms with van der Waals surface area (Å²) in [4.78, 5) is 21.8. The predicted molar refractivity (Wildman–Crippen MR) is 299 cm³/mol. The van der Waals surface area contributed by atoms with E-state index in [1.165, 1.54) is 32.0 Å². The molecular weight excluding hydrogens is 865 g/mol. The summed E-state index contributed by atoms with van der Waals surface area (Å²) in [6.45, 7) is 27.7. The van der Waals surface area contributed by atoms with Gasteiger partial charge in [-0.25, -0.2) is 9.97 Å². The molecule has 4 aromatic carbocycles. The molecule has 0 saturated heterocycles. The van der Waals surface area contributed by atoms with Crippen LogP contribution in [0.4, 0.5) is 0 Å². The fourth-order valence-corrected chi connectivity index (χ4v) is 10.0. The minimum Gasteiger partial charge on any atom is -0.354 e. The Morgan fingerprint density at radius 2 is 0.574 bits per heavy atom. The van der Waals surface area contributed by atoms with Crippen molar-refractivity contribution in [3.05, 3.63) is 154 Å². The van der Waals surface area contributed by atoms with Crippen LogP contribution in [0.1, 0.15) is 128 Å². The van der Waals surface area contributed by atoms with Crippen LogP contribution in [0.3, 0.4) is 0 Å². The Morgan fingerprint density at radius 3 is 0.809 bits per heavy atom. The maximum Gasteiger partial charge on any atom is 0.0737 e. The lowest BCUT2D eigenvalue weighted by atomic mass is 9.78. The third-order valence-corrected chi connectivity index (χ3v) is 14.9. The van der Waals surface area contributed by atoms with Gasteiger partial charge in [-0.3, -0.25) is 0 Å². The van der Waals surface area contributed by atoms with Crippen LogP contribution in [0.2, 0.25) is 0 Å². The summed E-state index contributed by atoms with van der Waals surface area (Å²) >= 11 is 3.51. The zero-order valence-electron chi connectivity index (χ0n) is 42.4. The van der Waals surface area contributed by atoms with E-state index in [0.29, 0.717) is 0 Å². The van der Waals surface area contributed by atoms with Crippen LogP contribution >= 0.6 is 23.5 Å². The van der Waals surface area contributed by atoms with Gasteiger partial charge in [0.2, 0.25) is 0 Å². The van der Waals surface area contributed by atoms with Gasteiger partial charge in [0.25, 0.3) is 0 Å². The molecule has 7 aromatic rings. The van der Waals surface area contributed by atoms with Crippen LogP contribution in [-0.2, 0) is 21.7 Å². The molecule has 0 aliphatic carbocycles. The monoisotopic (exact) mass is 930 g/mol. The van der Waals surface area contributed by atoms with E-state index in [0.717, 1.165) is 89.4 Å². The highest BCUT2D eigenvalue weighted by Crippen LogP contribution is 2.42. The molecule has 2 aliphatic heterocycles. The van der Waals surface area contributed by atoms with Gasteiger partial charge in [-0.1, -0.05) is 144 Å². The van der Waals surface area contributed by atoms with Gasteiger partial charge in [-0.2, -0.15) is 0 Å². The normalized spacial score (nSPS) is 13.1. The van der Waals surface area contributed by atoms with Gasteiger partial charge in [0.1, 0.15) is 0 Å². The molecule has 0 atom stereocenters. The highest BCUT2D eigenvalue weighted by Gasteiger charge is 2.26. The standard InChI is InChI=1S/C62H66N4S2/c1-59(2,3)41-31-39(32-42(35-41)60(4,5)6)57-51-27-23-47(63-51)55(37-15-19-45(67-13)20-16-37)49-25-29-53(65-49)58(40-33-43(61(7,8)9)36-44(34-40)62(10,11)12)54-30-26-50(66-54)56(48-24-28-52(57)64-48)38-17-21-46(68-14)22-18-38/h15-36,63,66H,1-14H3. The van der Waals surface area contributed by atoms with E-state index < -0.39 is 0 Å². The average Bonchev–Trinajstić information content (AvgIpc) is 4.14. The smallest absolute Gasteiger partial charge is 0.0737 e. The summed E-state index contributed by atoms with van der Waals surface area (Å²) in [7, 11) is 0. The molecule has 0 amide bonds. The SMILES string of the molecule is CSc1ccc(-c2c3nc(c(-c4cc(C(C)(C)C)cc(C(C)(C)C)c4)c4ccc([nH]4)c(-c4ccc(SC)cc4)c4nc(c(-c5cc(C(C)(C)C)cc(C(C)(C)C)c5)c5ccc2[nH]5)C=C4)C=C3)cc1. The Labute approximate surface area is 413 Å². The molecule has 346 valence electrons. The van der Waals surface area contributed by atoms with Crippen LogP contribution in [0.15, 0.2) is 119 Å². The van der Waals surface area contributed by atoms with Gasteiger partial charge < -0.3 is 9.97 Å². The van der Waals surface area contributed by atoms with Gasteiger partial charge in [0, 0.05) is 54.1 Å². The summed E-state index contributed by atoms with van der Waals surface area (Å²) in [5, 5.41) is 0. The van der Waals surface area contributed by atoms with E-state index in [2.05, 4.69) is 239 Å². The minimum absolute atomic E-state index is 0.0705. The van der Waals surface area contributed by atoms with Crippen molar-refractivity contribution in [1.82, 2.24) is 19.9 Å². The Bertz CT molecular complexity index is 3020. The summed E-state index contributed by atoms with van der Waals surface area (Å²) in [5.74, 6) is 0. The second-order valence-corrected chi connectivity index (χ2v) is 24.3. The van der Waals surface area contributed by atoms with E-state index >= 15 is 0 Å². The first kappa shape index (κ1) is 47.3. The molecule has 0 fully saturated rings. The molecule has 6 heteroatoms. The fourth-order valence-electron chi connectivity index (χ4n) is 9.21. The zero-order valence-corrected chi connectivity index (χ0v) is 44.0. The first-order valence-corrected chi connectivity index (χ1v) is 26.3. The highest BCUT2D eigenvalue weighted by atomic mass is 32.2. The zero-order chi connectivity index (χ0) is 48.5. The Morgan fingerprint density at radius 1 is 0.324 bits per heavy atom. The molecular formula is C62H66N4S2.